The van der Waals surface area contributed by atoms with Gasteiger partial charge < -0.3 is 38.9 Å². The van der Waals surface area contributed by atoms with Gasteiger partial charge in [-0.2, -0.15) is 20.2 Å². The molecule has 6 rings (SSSR count). The Morgan fingerprint density at radius 2 is 1.21 bits per heavy atom. The quantitative estimate of drug-likeness (QED) is 0.0769. The molecule has 0 saturated carbocycles. The number of aryl methyl sites for hydroxylation is 6. The summed E-state index contributed by atoms with van der Waals surface area (Å²) in [5, 5.41) is 9.00. The van der Waals surface area contributed by atoms with E-state index >= 15 is 0 Å². The summed E-state index contributed by atoms with van der Waals surface area (Å²) >= 11 is 0. The summed E-state index contributed by atoms with van der Waals surface area (Å²) in [6.07, 6.45) is 1.71. The molecule has 4 aromatic heterocycles. The van der Waals surface area contributed by atoms with Gasteiger partial charge in [-0.05, 0) is 115 Å². The zero-order valence-corrected chi connectivity index (χ0v) is 41.7. The van der Waals surface area contributed by atoms with Crippen LogP contribution in [0.15, 0.2) is 52.4 Å². The summed E-state index contributed by atoms with van der Waals surface area (Å²) in [7, 11) is 1.61. The molecule has 354 valence electrons. The molecule has 66 heavy (non-hydrogen) atoms. The summed E-state index contributed by atoms with van der Waals surface area (Å²) in [6, 6.07) is 11.4. The first-order chi connectivity index (χ1) is 31.0. The smallest absolute Gasteiger partial charge is 0.298 e. The molecule has 0 fully saturated rings. The van der Waals surface area contributed by atoms with E-state index in [-0.39, 0.29) is 22.7 Å². The van der Waals surface area contributed by atoms with Crippen molar-refractivity contribution in [2.24, 2.45) is 35.5 Å². The van der Waals surface area contributed by atoms with Crippen LogP contribution >= 0.6 is 0 Å². The summed E-state index contributed by atoms with van der Waals surface area (Å²) < 4.78 is 23.8. The van der Waals surface area contributed by atoms with Gasteiger partial charge >= 0.3 is 0 Å². The molecule has 4 amide bonds. The Morgan fingerprint density at radius 3 is 1.73 bits per heavy atom. The van der Waals surface area contributed by atoms with E-state index in [0.717, 1.165) is 5.52 Å². The SMILES string of the molecule is CCn1nc(C)cc1C(=O)N=c1n(C)c2cc(C(N)=O)ccc2n1C(C)CCC(C)n1c(=NC(=O)c2cc(C)nn2CC)n(C)c2cc(C(N)=O)cc(OCCCO[Si](C)(C)C(C)(C)C)c21. The van der Waals surface area contributed by atoms with Crippen LogP contribution in [-0.2, 0) is 31.6 Å². The number of nitrogens with zero attached hydrogens (tertiary/aromatic N) is 10. The van der Waals surface area contributed by atoms with Gasteiger partial charge in [-0.3, -0.25) is 28.5 Å². The van der Waals surface area contributed by atoms with Crippen LogP contribution in [0.3, 0.4) is 0 Å². The molecule has 2 atom stereocenters. The maximum atomic E-state index is 14.1. The van der Waals surface area contributed by atoms with Crippen molar-refractivity contribution in [3.05, 3.63) is 87.6 Å². The average Bonchev–Trinajstić information content (AvgIpc) is 3.99. The minimum Gasteiger partial charge on any atom is -0.491 e. The van der Waals surface area contributed by atoms with E-state index in [1.807, 2.05) is 49.8 Å². The van der Waals surface area contributed by atoms with Crippen molar-refractivity contribution in [2.75, 3.05) is 13.2 Å². The van der Waals surface area contributed by atoms with Crippen molar-refractivity contribution >= 4 is 54.0 Å². The summed E-state index contributed by atoms with van der Waals surface area (Å²) in [4.78, 5) is 62.6. The van der Waals surface area contributed by atoms with Gasteiger partial charge in [0.2, 0.25) is 23.1 Å². The van der Waals surface area contributed by atoms with E-state index in [1.165, 1.54) is 0 Å². The van der Waals surface area contributed by atoms with E-state index in [1.54, 1.807) is 69.0 Å². The normalized spacial score (nSPS) is 13.8. The fourth-order valence-electron chi connectivity index (χ4n) is 8.09. The molecule has 0 aliphatic rings. The third-order valence-electron chi connectivity index (χ3n) is 12.8. The standard InChI is InChI=1S/C47H66N12O6Si/c1-14-56-37(23-28(3)52-56)43(62)50-45-54(10)35-25-32(41(48)60)19-20-34(35)58(45)30(5)17-18-31(6)59-40-36(55(11)46(59)51-44(63)38-24-29(4)53-57(38)15-2)26-33(42(49)61)27-39(40)64-21-16-22-65-66(12,13)47(7,8)9/h19-20,23-27,30-31H,14-18,21-22H2,1-13H3,(H2,48,60)(H2,49,61). The number of carbonyl (C=O) groups excluding carboxylic acids is 4. The number of amides is 4. The van der Waals surface area contributed by atoms with Crippen LogP contribution < -0.4 is 27.4 Å². The fourth-order valence-corrected chi connectivity index (χ4v) is 9.18. The second kappa shape index (κ2) is 19.2. The molecular weight excluding hydrogens is 857 g/mol. The minimum absolute atomic E-state index is 0.0523. The maximum Gasteiger partial charge on any atom is 0.298 e. The highest BCUT2D eigenvalue weighted by molar-refractivity contribution is 6.74. The van der Waals surface area contributed by atoms with Crippen molar-refractivity contribution in [1.29, 1.82) is 0 Å². The predicted octanol–water partition coefficient (Wildman–Crippen LogP) is 6.40. The van der Waals surface area contributed by atoms with Crippen LogP contribution in [0.5, 0.6) is 5.75 Å². The van der Waals surface area contributed by atoms with Crippen molar-refractivity contribution in [1.82, 2.24) is 37.8 Å². The Kier molecular flexibility index (Phi) is 14.3. The summed E-state index contributed by atoms with van der Waals surface area (Å²) in [6.45, 7) is 24.4. The lowest BCUT2D eigenvalue weighted by Gasteiger charge is -2.36. The first kappa shape index (κ1) is 49.1. The molecule has 0 bridgehead atoms. The maximum absolute atomic E-state index is 14.1. The number of primary amides is 2. The summed E-state index contributed by atoms with van der Waals surface area (Å²) in [5.74, 6) is -1.71. The van der Waals surface area contributed by atoms with Crippen molar-refractivity contribution in [3.8, 4) is 5.75 Å². The lowest BCUT2D eigenvalue weighted by atomic mass is 10.1. The number of hydrogen-bond acceptors (Lipinski definition) is 8. The number of ether oxygens (including phenoxy) is 1. The Balaban J connectivity index is 1.46. The molecular formula is C47H66N12O6Si. The molecule has 0 radical (unpaired) electrons. The number of hydrogen-bond donors (Lipinski definition) is 2. The molecule has 4 N–H and O–H groups in total. The van der Waals surface area contributed by atoms with Gasteiger partial charge in [0.15, 0.2) is 8.32 Å². The highest BCUT2D eigenvalue weighted by atomic mass is 28.4. The monoisotopic (exact) mass is 922 g/mol. The molecule has 2 unspecified atom stereocenters. The Bertz CT molecular complexity index is 2990. The highest BCUT2D eigenvalue weighted by Crippen LogP contribution is 2.37. The third-order valence-corrected chi connectivity index (χ3v) is 17.3. The molecule has 0 spiro atoms. The van der Waals surface area contributed by atoms with Crippen LogP contribution in [0.2, 0.25) is 18.1 Å². The van der Waals surface area contributed by atoms with E-state index < -0.39 is 31.9 Å². The molecule has 0 aliphatic carbocycles. The van der Waals surface area contributed by atoms with Gasteiger partial charge in [0.1, 0.15) is 22.7 Å². The largest absolute Gasteiger partial charge is 0.491 e. The first-order valence-corrected chi connectivity index (χ1v) is 25.5. The zero-order valence-electron chi connectivity index (χ0n) is 40.7. The zero-order chi connectivity index (χ0) is 48.6. The minimum atomic E-state index is -2.00. The Morgan fingerprint density at radius 1 is 0.712 bits per heavy atom. The number of rotatable bonds is 17. The molecule has 19 heteroatoms. The van der Waals surface area contributed by atoms with E-state index in [0.29, 0.717) is 107 Å². The van der Waals surface area contributed by atoms with Crippen molar-refractivity contribution in [3.63, 3.8) is 0 Å². The highest BCUT2D eigenvalue weighted by Gasteiger charge is 2.37. The topological polar surface area (TPSA) is 219 Å². The lowest BCUT2D eigenvalue weighted by Crippen LogP contribution is -2.41. The number of imidazole rings is 2. The fraction of sp³-hybridized carbons (Fsp3) is 0.489. The molecule has 2 aromatic carbocycles. The number of fused-ring (bicyclic) bond motifs is 2. The van der Waals surface area contributed by atoms with E-state index in [4.69, 9.17) is 25.6 Å². The van der Waals surface area contributed by atoms with E-state index in [2.05, 4.69) is 56.0 Å². The van der Waals surface area contributed by atoms with Crippen LogP contribution in [0.25, 0.3) is 22.1 Å². The van der Waals surface area contributed by atoms with Crippen molar-refractivity contribution < 1.29 is 28.3 Å². The lowest BCUT2D eigenvalue weighted by molar-refractivity contribution is 0.0977. The Labute approximate surface area is 386 Å². The van der Waals surface area contributed by atoms with Gasteiger partial charge in [-0.25, -0.2) is 0 Å². The number of benzene rings is 2. The first-order valence-electron chi connectivity index (χ1n) is 22.6. The summed E-state index contributed by atoms with van der Waals surface area (Å²) in [5.41, 5.74) is 17.7. The Hall–Kier alpha value is -6.34. The van der Waals surface area contributed by atoms with E-state index in [9.17, 15) is 19.2 Å². The third kappa shape index (κ3) is 9.77. The van der Waals surface area contributed by atoms with Crippen LogP contribution in [0, 0.1) is 13.8 Å². The molecule has 18 nitrogen and oxygen atoms in total. The molecule has 4 heterocycles. The second-order valence-corrected chi connectivity index (χ2v) is 23.4. The van der Waals surface area contributed by atoms with Gasteiger partial charge in [-0.15, -0.1) is 0 Å². The van der Waals surface area contributed by atoms with Gasteiger partial charge in [0, 0.05) is 63.4 Å². The predicted molar refractivity (Wildman–Crippen MR) is 256 cm³/mol. The number of carbonyl (C=O) groups is 4. The van der Waals surface area contributed by atoms with Crippen LogP contribution in [0.4, 0.5) is 0 Å². The van der Waals surface area contributed by atoms with Gasteiger partial charge in [0.05, 0.1) is 34.5 Å². The molecule has 0 aliphatic heterocycles. The molecule has 6 aromatic rings. The average molecular weight is 923 g/mol. The van der Waals surface area contributed by atoms with Gasteiger partial charge in [0.25, 0.3) is 11.8 Å². The van der Waals surface area contributed by atoms with Crippen molar-refractivity contribution in [2.45, 2.75) is 125 Å². The van der Waals surface area contributed by atoms with Crippen LogP contribution in [-0.4, -0.2) is 83.0 Å². The second-order valence-electron chi connectivity index (χ2n) is 18.6. The molecule has 0 saturated heterocycles. The number of aromatic nitrogens is 8. The van der Waals surface area contributed by atoms with Crippen LogP contribution in [0.1, 0.15) is 133 Å². The number of nitrogens with two attached hydrogens (primary N) is 2. The van der Waals surface area contributed by atoms with Gasteiger partial charge in [-0.1, -0.05) is 20.8 Å².